The van der Waals surface area contributed by atoms with E-state index >= 15 is 0 Å². The molecule has 0 radical (unpaired) electrons. The molecule has 1 aliphatic heterocycles. The second kappa shape index (κ2) is 10.5. The molecule has 6 nitrogen and oxygen atoms in total. The van der Waals surface area contributed by atoms with Gasteiger partial charge in [0, 0.05) is 33.9 Å². The molecule has 0 amide bonds. The van der Waals surface area contributed by atoms with Crippen LogP contribution in [0.1, 0.15) is 25.0 Å². The molecular formula is C41H28N4O2. The molecule has 0 fully saturated rings. The number of aromatic nitrogens is 4. The van der Waals surface area contributed by atoms with Crippen LogP contribution in [0.5, 0.6) is 23.0 Å². The summed E-state index contributed by atoms with van der Waals surface area (Å²) in [6, 6.07) is 42.6. The molecule has 0 saturated carbocycles. The first-order valence-electron chi connectivity index (χ1n) is 15.6. The van der Waals surface area contributed by atoms with E-state index in [2.05, 4.69) is 61.3 Å². The van der Waals surface area contributed by atoms with Crippen LogP contribution < -0.4 is 9.47 Å². The molecule has 9 rings (SSSR count). The van der Waals surface area contributed by atoms with Gasteiger partial charge in [0.2, 0.25) is 0 Å². The summed E-state index contributed by atoms with van der Waals surface area (Å²) >= 11 is 0. The molecule has 47 heavy (non-hydrogen) atoms. The van der Waals surface area contributed by atoms with E-state index in [1.54, 1.807) is 6.20 Å². The average Bonchev–Trinajstić information content (AvgIpc) is 3.37. The quantitative estimate of drug-likeness (QED) is 0.198. The van der Waals surface area contributed by atoms with Crippen molar-refractivity contribution < 1.29 is 9.47 Å². The van der Waals surface area contributed by atoms with Crippen molar-refractivity contribution in [3.8, 4) is 79.5 Å². The van der Waals surface area contributed by atoms with Gasteiger partial charge in [-0.05, 0) is 46.5 Å². The maximum Gasteiger partial charge on any atom is 0.182 e. The zero-order valence-electron chi connectivity index (χ0n) is 25.8. The standard InChI is InChI=1S/C41H28N4O2/c1-41(2)30-19-9-8-17-29(30)35-31(41)22-23-34-37(35)47-33-21-12-18-27(36(33)46-34)26-15-6-7-16-28(26)39-43-38(25-13-4-3-5-14-25)44-40(45-39)32-20-10-11-24-42-32/h3-24H,1-2H3. The molecule has 7 aromatic rings. The van der Waals surface area contributed by atoms with Crippen LogP contribution in [0.15, 0.2) is 134 Å². The van der Waals surface area contributed by atoms with Gasteiger partial charge < -0.3 is 9.47 Å². The molecule has 1 aliphatic carbocycles. The van der Waals surface area contributed by atoms with Gasteiger partial charge in [-0.1, -0.05) is 117 Å². The van der Waals surface area contributed by atoms with E-state index in [9.17, 15) is 0 Å². The Morgan fingerprint density at radius 1 is 0.468 bits per heavy atom. The van der Waals surface area contributed by atoms with Crippen molar-refractivity contribution in [2.45, 2.75) is 19.3 Å². The van der Waals surface area contributed by atoms with Crippen molar-refractivity contribution >= 4 is 0 Å². The summed E-state index contributed by atoms with van der Waals surface area (Å²) < 4.78 is 13.5. The zero-order chi connectivity index (χ0) is 31.5. The van der Waals surface area contributed by atoms with E-state index < -0.39 is 0 Å². The number of hydrogen-bond acceptors (Lipinski definition) is 6. The zero-order valence-corrected chi connectivity index (χ0v) is 25.8. The van der Waals surface area contributed by atoms with Crippen molar-refractivity contribution in [2.75, 3.05) is 0 Å². The largest absolute Gasteiger partial charge is 0.449 e. The number of para-hydroxylation sites is 1. The van der Waals surface area contributed by atoms with Gasteiger partial charge in [0.1, 0.15) is 5.69 Å². The van der Waals surface area contributed by atoms with Gasteiger partial charge in [-0.25, -0.2) is 15.0 Å². The Morgan fingerprint density at radius 2 is 1.13 bits per heavy atom. The minimum absolute atomic E-state index is 0.136. The Balaban J connectivity index is 1.19. The number of pyridine rings is 1. The summed E-state index contributed by atoms with van der Waals surface area (Å²) in [5, 5.41) is 0. The summed E-state index contributed by atoms with van der Waals surface area (Å²) in [4.78, 5) is 19.3. The Morgan fingerprint density at radius 3 is 1.96 bits per heavy atom. The van der Waals surface area contributed by atoms with Gasteiger partial charge in [0.05, 0.1) is 0 Å². The maximum atomic E-state index is 6.76. The van der Waals surface area contributed by atoms with Crippen molar-refractivity contribution in [3.05, 3.63) is 145 Å². The maximum absolute atomic E-state index is 6.76. The fourth-order valence-corrected chi connectivity index (χ4v) is 6.79. The number of hydrogen-bond donors (Lipinski definition) is 0. The van der Waals surface area contributed by atoms with E-state index in [0.717, 1.165) is 33.6 Å². The van der Waals surface area contributed by atoms with Gasteiger partial charge in [0.15, 0.2) is 40.5 Å². The Kier molecular flexibility index (Phi) is 6.05. The van der Waals surface area contributed by atoms with Gasteiger partial charge >= 0.3 is 0 Å². The highest BCUT2D eigenvalue weighted by molar-refractivity contribution is 5.90. The summed E-state index contributed by atoms with van der Waals surface area (Å²) in [5.74, 6) is 4.38. The van der Waals surface area contributed by atoms with E-state index in [4.69, 9.17) is 24.4 Å². The first-order chi connectivity index (χ1) is 23.1. The molecule has 0 unspecified atom stereocenters. The lowest BCUT2D eigenvalue weighted by Crippen LogP contribution is -2.15. The first-order valence-corrected chi connectivity index (χ1v) is 15.6. The smallest absolute Gasteiger partial charge is 0.182 e. The fraction of sp³-hybridized carbons (Fsp3) is 0.0732. The highest BCUT2D eigenvalue weighted by atomic mass is 16.6. The van der Waals surface area contributed by atoms with Crippen LogP contribution in [0.4, 0.5) is 0 Å². The van der Waals surface area contributed by atoms with Gasteiger partial charge in [-0.2, -0.15) is 0 Å². The molecule has 3 heterocycles. The third kappa shape index (κ3) is 4.33. The molecule has 0 bridgehead atoms. The normalized spacial score (nSPS) is 13.4. The average molecular weight is 609 g/mol. The molecule has 6 heteroatoms. The first kappa shape index (κ1) is 27.2. The highest BCUT2D eigenvalue weighted by Gasteiger charge is 2.39. The number of fused-ring (bicyclic) bond motifs is 6. The van der Waals surface area contributed by atoms with Gasteiger partial charge in [-0.3, -0.25) is 4.98 Å². The van der Waals surface area contributed by atoms with Crippen LogP contribution in [0.2, 0.25) is 0 Å². The predicted molar refractivity (Wildman–Crippen MR) is 184 cm³/mol. The SMILES string of the molecule is CC1(C)c2ccccc2-c2c1ccc1c2Oc2cccc(-c3ccccc3-c3nc(-c4ccccc4)nc(-c4ccccn4)n3)c2O1. The van der Waals surface area contributed by atoms with Crippen molar-refractivity contribution in [1.29, 1.82) is 0 Å². The van der Waals surface area contributed by atoms with Crippen molar-refractivity contribution in [1.82, 2.24) is 19.9 Å². The third-order valence-electron chi connectivity index (χ3n) is 9.09. The van der Waals surface area contributed by atoms with Crippen LogP contribution in [-0.4, -0.2) is 19.9 Å². The molecule has 224 valence electrons. The minimum Gasteiger partial charge on any atom is -0.449 e. The molecule has 2 aliphatic rings. The molecule has 0 atom stereocenters. The Bertz CT molecular complexity index is 2280. The minimum atomic E-state index is -0.136. The van der Waals surface area contributed by atoms with E-state index in [0.29, 0.717) is 40.4 Å². The number of rotatable bonds is 4. The second-order valence-corrected chi connectivity index (χ2v) is 12.3. The van der Waals surface area contributed by atoms with Crippen LogP contribution in [0.3, 0.4) is 0 Å². The molecule has 0 N–H and O–H groups in total. The Hall–Kier alpha value is -6.14. The van der Waals surface area contributed by atoms with E-state index in [-0.39, 0.29) is 5.41 Å². The Labute approximate surface area is 272 Å². The molecule has 0 spiro atoms. The van der Waals surface area contributed by atoms with E-state index in [1.807, 2.05) is 84.9 Å². The summed E-state index contributed by atoms with van der Waals surface area (Å²) in [7, 11) is 0. The fourth-order valence-electron chi connectivity index (χ4n) is 6.79. The highest BCUT2D eigenvalue weighted by Crippen LogP contribution is 2.59. The van der Waals surface area contributed by atoms with Crippen LogP contribution >= 0.6 is 0 Å². The van der Waals surface area contributed by atoms with Gasteiger partial charge in [-0.15, -0.1) is 0 Å². The molecule has 2 aromatic heterocycles. The topological polar surface area (TPSA) is 70.0 Å². The second-order valence-electron chi connectivity index (χ2n) is 12.3. The lowest BCUT2D eigenvalue weighted by Gasteiger charge is -2.26. The molecular weight excluding hydrogens is 580 g/mol. The number of benzene rings is 5. The molecule has 5 aromatic carbocycles. The van der Waals surface area contributed by atoms with E-state index in [1.165, 1.54) is 16.7 Å². The van der Waals surface area contributed by atoms with Gasteiger partial charge in [0.25, 0.3) is 0 Å². The van der Waals surface area contributed by atoms with Crippen molar-refractivity contribution in [3.63, 3.8) is 0 Å². The number of nitrogens with zero attached hydrogens (tertiary/aromatic N) is 4. The van der Waals surface area contributed by atoms with Crippen LogP contribution in [0, 0.1) is 0 Å². The summed E-state index contributed by atoms with van der Waals surface area (Å²) in [5.41, 5.74) is 8.89. The van der Waals surface area contributed by atoms with Crippen LogP contribution in [0.25, 0.3) is 56.5 Å². The monoisotopic (exact) mass is 608 g/mol. The predicted octanol–water partition coefficient (Wildman–Crippen LogP) is 10.1. The number of ether oxygens (including phenoxy) is 2. The lowest BCUT2D eigenvalue weighted by atomic mass is 9.82. The molecule has 0 saturated heterocycles. The lowest BCUT2D eigenvalue weighted by molar-refractivity contribution is 0.361. The van der Waals surface area contributed by atoms with Crippen LogP contribution in [-0.2, 0) is 5.41 Å². The van der Waals surface area contributed by atoms with Crippen molar-refractivity contribution in [2.24, 2.45) is 0 Å². The third-order valence-corrected chi connectivity index (χ3v) is 9.09. The summed E-state index contributed by atoms with van der Waals surface area (Å²) in [6.45, 7) is 4.53. The summed E-state index contributed by atoms with van der Waals surface area (Å²) in [6.07, 6.45) is 1.75.